The van der Waals surface area contributed by atoms with Crippen LogP contribution in [0.4, 0.5) is 0 Å². The smallest absolute Gasteiger partial charge is 0.328 e. The van der Waals surface area contributed by atoms with Crippen LogP contribution in [-0.4, -0.2) is 54.4 Å². The fourth-order valence-electron chi connectivity index (χ4n) is 2.06. The Morgan fingerprint density at radius 3 is 2.53 bits per heavy atom. The van der Waals surface area contributed by atoms with Crippen molar-refractivity contribution in [3.63, 3.8) is 0 Å². The highest BCUT2D eigenvalue weighted by Gasteiger charge is 2.33. The molecule has 1 rings (SSSR count). The maximum Gasteiger partial charge on any atom is 0.328 e. The number of unbranched alkanes of at least 4 members (excludes halogenated alkanes) is 1. The minimum absolute atomic E-state index is 0.0244. The largest absolute Gasteiger partial charge is 0.478 e. The number of hydrogen-bond donors (Lipinski definition) is 1. The SMILES string of the molecule is CCCCN(C(=O)C=CC(=O)O)C1CCS(=O)(=O)C1. The van der Waals surface area contributed by atoms with Gasteiger partial charge in [0.05, 0.1) is 11.5 Å². The summed E-state index contributed by atoms with van der Waals surface area (Å²) in [5.41, 5.74) is 0. The lowest BCUT2D eigenvalue weighted by molar-refractivity contribution is -0.132. The van der Waals surface area contributed by atoms with Gasteiger partial charge in [-0.3, -0.25) is 4.79 Å². The van der Waals surface area contributed by atoms with Crippen molar-refractivity contribution in [3.05, 3.63) is 12.2 Å². The van der Waals surface area contributed by atoms with Crippen LogP contribution in [0.3, 0.4) is 0 Å². The molecule has 1 aliphatic heterocycles. The minimum atomic E-state index is -3.06. The first-order valence-corrected chi connectivity index (χ1v) is 8.10. The molecule has 1 amide bonds. The number of sulfone groups is 1. The maximum atomic E-state index is 11.9. The molecule has 1 atom stereocenters. The van der Waals surface area contributed by atoms with Gasteiger partial charge in [0.2, 0.25) is 5.91 Å². The molecule has 0 aromatic carbocycles. The van der Waals surface area contributed by atoms with Crippen molar-refractivity contribution < 1.29 is 23.1 Å². The van der Waals surface area contributed by atoms with Gasteiger partial charge in [-0.25, -0.2) is 13.2 Å². The average Bonchev–Trinajstić information content (AvgIpc) is 2.67. The fraction of sp³-hybridized carbons (Fsp3) is 0.667. The van der Waals surface area contributed by atoms with Crippen LogP contribution in [0.2, 0.25) is 0 Å². The number of carbonyl (C=O) groups excluding carboxylic acids is 1. The Labute approximate surface area is 113 Å². The van der Waals surface area contributed by atoms with Crippen molar-refractivity contribution in [1.82, 2.24) is 4.90 Å². The third-order valence-electron chi connectivity index (χ3n) is 3.05. The number of rotatable bonds is 6. The minimum Gasteiger partial charge on any atom is -0.478 e. The zero-order valence-electron chi connectivity index (χ0n) is 10.9. The molecule has 1 heterocycles. The van der Waals surface area contributed by atoms with Crippen molar-refractivity contribution in [1.29, 1.82) is 0 Å². The lowest BCUT2D eigenvalue weighted by atomic mass is 10.2. The summed E-state index contributed by atoms with van der Waals surface area (Å²) in [6.45, 7) is 2.43. The fourth-order valence-corrected chi connectivity index (χ4v) is 3.79. The average molecular weight is 289 g/mol. The van der Waals surface area contributed by atoms with Crippen LogP contribution in [0, 0.1) is 0 Å². The highest BCUT2D eigenvalue weighted by Crippen LogP contribution is 2.18. The summed E-state index contributed by atoms with van der Waals surface area (Å²) >= 11 is 0. The van der Waals surface area contributed by atoms with Gasteiger partial charge in [-0.1, -0.05) is 13.3 Å². The van der Waals surface area contributed by atoms with E-state index in [1.807, 2.05) is 6.92 Å². The van der Waals surface area contributed by atoms with E-state index in [9.17, 15) is 18.0 Å². The lowest BCUT2D eigenvalue weighted by Gasteiger charge is -2.27. The van der Waals surface area contributed by atoms with Gasteiger partial charge in [-0.05, 0) is 12.8 Å². The third kappa shape index (κ3) is 5.02. The van der Waals surface area contributed by atoms with Crippen LogP contribution in [0.5, 0.6) is 0 Å². The van der Waals surface area contributed by atoms with Crippen LogP contribution in [-0.2, 0) is 19.4 Å². The van der Waals surface area contributed by atoms with Gasteiger partial charge in [0, 0.05) is 24.7 Å². The molecular formula is C12H19NO5S. The molecule has 0 saturated carbocycles. The Bertz CT molecular complexity index is 469. The van der Waals surface area contributed by atoms with Crippen LogP contribution < -0.4 is 0 Å². The molecule has 0 spiro atoms. The van der Waals surface area contributed by atoms with Crippen molar-refractivity contribution in [3.8, 4) is 0 Å². The van der Waals surface area contributed by atoms with E-state index in [-0.39, 0.29) is 17.5 Å². The molecule has 108 valence electrons. The zero-order valence-corrected chi connectivity index (χ0v) is 11.7. The van der Waals surface area contributed by atoms with E-state index in [0.29, 0.717) is 13.0 Å². The van der Waals surface area contributed by atoms with E-state index in [2.05, 4.69) is 0 Å². The number of carbonyl (C=O) groups is 2. The molecule has 6 nitrogen and oxygen atoms in total. The quantitative estimate of drug-likeness (QED) is 0.716. The molecular weight excluding hydrogens is 270 g/mol. The zero-order chi connectivity index (χ0) is 14.5. The van der Waals surface area contributed by atoms with E-state index < -0.39 is 21.7 Å². The van der Waals surface area contributed by atoms with Crippen molar-refractivity contribution in [2.75, 3.05) is 18.1 Å². The Morgan fingerprint density at radius 2 is 2.05 bits per heavy atom. The molecule has 1 aliphatic rings. The Kier molecular flexibility index (Phi) is 5.53. The first-order chi connectivity index (χ1) is 8.85. The van der Waals surface area contributed by atoms with E-state index in [1.165, 1.54) is 4.90 Å². The Hall–Kier alpha value is -1.37. The van der Waals surface area contributed by atoms with Crippen molar-refractivity contribution in [2.24, 2.45) is 0 Å². The second-order valence-corrected chi connectivity index (χ2v) is 6.84. The first kappa shape index (κ1) is 15.7. The topological polar surface area (TPSA) is 91.8 Å². The summed E-state index contributed by atoms with van der Waals surface area (Å²) in [5, 5.41) is 8.52. The highest BCUT2D eigenvalue weighted by atomic mass is 32.2. The Morgan fingerprint density at radius 1 is 1.37 bits per heavy atom. The van der Waals surface area contributed by atoms with E-state index in [1.54, 1.807) is 0 Å². The molecule has 1 N–H and O–H groups in total. The highest BCUT2D eigenvalue weighted by molar-refractivity contribution is 7.91. The van der Waals surface area contributed by atoms with Gasteiger partial charge in [0.15, 0.2) is 9.84 Å². The summed E-state index contributed by atoms with van der Waals surface area (Å²) in [5.74, 6) is -1.56. The van der Waals surface area contributed by atoms with Gasteiger partial charge in [-0.15, -0.1) is 0 Å². The molecule has 7 heteroatoms. The number of aliphatic carboxylic acids is 1. The monoisotopic (exact) mass is 289 g/mol. The molecule has 1 fully saturated rings. The second kappa shape index (κ2) is 6.70. The van der Waals surface area contributed by atoms with Gasteiger partial charge in [-0.2, -0.15) is 0 Å². The molecule has 1 saturated heterocycles. The van der Waals surface area contributed by atoms with Gasteiger partial charge in [0.1, 0.15) is 0 Å². The number of nitrogens with zero attached hydrogens (tertiary/aromatic N) is 1. The van der Waals surface area contributed by atoms with Gasteiger partial charge in [0.25, 0.3) is 0 Å². The number of carboxylic acids is 1. The first-order valence-electron chi connectivity index (χ1n) is 6.27. The molecule has 0 bridgehead atoms. The van der Waals surface area contributed by atoms with Gasteiger partial charge < -0.3 is 10.0 Å². The van der Waals surface area contributed by atoms with Crippen LogP contribution in [0.1, 0.15) is 26.2 Å². The van der Waals surface area contributed by atoms with Crippen LogP contribution >= 0.6 is 0 Å². The van der Waals surface area contributed by atoms with Crippen LogP contribution in [0.15, 0.2) is 12.2 Å². The van der Waals surface area contributed by atoms with Gasteiger partial charge >= 0.3 is 5.97 Å². The molecule has 19 heavy (non-hydrogen) atoms. The molecule has 0 aromatic heterocycles. The van der Waals surface area contributed by atoms with E-state index in [0.717, 1.165) is 25.0 Å². The number of carboxylic acid groups (broad SMARTS) is 1. The summed E-state index contributed by atoms with van der Waals surface area (Å²) in [7, 11) is -3.06. The van der Waals surface area contributed by atoms with E-state index in [4.69, 9.17) is 5.11 Å². The molecule has 0 radical (unpaired) electrons. The maximum absolute atomic E-state index is 11.9. The summed E-state index contributed by atoms with van der Waals surface area (Å²) < 4.78 is 22.9. The van der Waals surface area contributed by atoms with Crippen LogP contribution in [0.25, 0.3) is 0 Å². The predicted molar refractivity (Wildman–Crippen MR) is 70.5 cm³/mol. The number of hydrogen-bond acceptors (Lipinski definition) is 4. The second-order valence-electron chi connectivity index (χ2n) is 4.61. The Balaban J connectivity index is 2.77. The molecule has 0 aromatic rings. The predicted octanol–water partition coefficient (Wildman–Crippen LogP) is 0.443. The van der Waals surface area contributed by atoms with Crippen molar-refractivity contribution >= 4 is 21.7 Å². The third-order valence-corrected chi connectivity index (χ3v) is 4.80. The standard InChI is InChI=1S/C12H19NO5S/c1-2-3-7-13(11(14)4-5-12(15)16)10-6-8-19(17,18)9-10/h4-5,10H,2-3,6-9H2,1H3,(H,15,16). The number of amides is 1. The normalized spacial score (nSPS) is 21.6. The lowest BCUT2D eigenvalue weighted by Crippen LogP contribution is -2.41. The van der Waals surface area contributed by atoms with Crippen molar-refractivity contribution in [2.45, 2.75) is 32.2 Å². The molecule has 1 unspecified atom stereocenters. The molecule has 0 aliphatic carbocycles. The summed E-state index contributed by atoms with van der Waals surface area (Å²) in [6.07, 6.45) is 3.85. The summed E-state index contributed by atoms with van der Waals surface area (Å²) in [4.78, 5) is 23.8. The summed E-state index contributed by atoms with van der Waals surface area (Å²) in [6, 6.07) is -0.331. The van der Waals surface area contributed by atoms with E-state index >= 15 is 0 Å².